The van der Waals surface area contributed by atoms with E-state index >= 15 is 0 Å². The van der Waals surface area contributed by atoms with Crippen LogP contribution in [0.25, 0.3) is 0 Å². The number of nitrogens with zero attached hydrogens (tertiary/aromatic N) is 1. The van der Waals surface area contributed by atoms with Crippen LogP contribution in [0.5, 0.6) is 0 Å². The number of fused-ring (bicyclic) bond motifs is 1. The fraction of sp³-hybridized carbons (Fsp3) is 0.571. The lowest BCUT2D eigenvalue weighted by Gasteiger charge is -2.26. The second-order valence-corrected chi connectivity index (χ2v) is 5.25. The lowest BCUT2D eigenvalue weighted by Crippen LogP contribution is -2.41. The number of hydrogen-bond acceptors (Lipinski definition) is 3. The van der Waals surface area contributed by atoms with Crippen LogP contribution in [0.15, 0.2) is 30.3 Å². The summed E-state index contributed by atoms with van der Waals surface area (Å²) in [7, 11) is 1.85. The standard InChI is InChI=1S/C14H20N2O/c1-17-14-10-15-7-13(14)9-16(11-14)8-12-5-3-2-4-6-12/h2-6,13,15H,7-11H2,1H3/t13-,14-/m1/s1. The second kappa shape index (κ2) is 4.41. The van der Waals surface area contributed by atoms with E-state index in [1.54, 1.807) is 0 Å². The molecule has 3 rings (SSSR count). The topological polar surface area (TPSA) is 24.5 Å². The molecule has 3 nitrogen and oxygen atoms in total. The van der Waals surface area contributed by atoms with Gasteiger partial charge in [-0.2, -0.15) is 0 Å². The van der Waals surface area contributed by atoms with Crippen molar-refractivity contribution in [1.82, 2.24) is 10.2 Å². The predicted molar refractivity (Wildman–Crippen MR) is 67.8 cm³/mol. The van der Waals surface area contributed by atoms with Crippen molar-refractivity contribution in [3.63, 3.8) is 0 Å². The van der Waals surface area contributed by atoms with Crippen LogP contribution in [0, 0.1) is 5.92 Å². The third-order valence-corrected chi connectivity index (χ3v) is 4.18. The van der Waals surface area contributed by atoms with Crippen molar-refractivity contribution >= 4 is 0 Å². The molecule has 0 aromatic heterocycles. The number of hydrogen-bond donors (Lipinski definition) is 1. The molecule has 2 aliphatic rings. The van der Waals surface area contributed by atoms with Crippen molar-refractivity contribution in [2.75, 3.05) is 33.3 Å². The van der Waals surface area contributed by atoms with Crippen LogP contribution in [-0.2, 0) is 11.3 Å². The van der Waals surface area contributed by atoms with Gasteiger partial charge in [-0.1, -0.05) is 30.3 Å². The van der Waals surface area contributed by atoms with Crippen LogP contribution in [0.4, 0.5) is 0 Å². The minimum absolute atomic E-state index is 0.0643. The molecule has 0 bridgehead atoms. The fourth-order valence-corrected chi connectivity index (χ4v) is 3.22. The van der Waals surface area contributed by atoms with Crippen molar-refractivity contribution in [3.8, 4) is 0 Å². The molecule has 0 aliphatic carbocycles. The lowest BCUT2D eigenvalue weighted by molar-refractivity contribution is -0.00608. The fourth-order valence-electron chi connectivity index (χ4n) is 3.22. The van der Waals surface area contributed by atoms with Crippen LogP contribution in [0.3, 0.4) is 0 Å². The average molecular weight is 232 g/mol. The number of methoxy groups -OCH3 is 1. The van der Waals surface area contributed by atoms with Crippen LogP contribution in [-0.4, -0.2) is 43.8 Å². The quantitative estimate of drug-likeness (QED) is 0.845. The molecule has 2 heterocycles. The number of ether oxygens (including phenoxy) is 1. The summed E-state index contributed by atoms with van der Waals surface area (Å²) in [6.07, 6.45) is 0. The Morgan fingerprint density at radius 1 is 1.41 bits per heavy atom. The molecule has 17 heavy (non-hydrogen) atoms. The van der Waals surface area contributed by atoms with Gasteiger partial charge in [-0.05, 0) is 5.56 Å². The third-order valence-electron chi connectivity index (χ3n) is 4.18. The minimum Gasteiger partial charge on any atom is -0.375 e. The maximum Gasteiger partial charge on any atom is 0.0980 e. The molecule has 3 heteroatoms. The first kappa shape index (κ1) is 11.2. The van der Waals surface area contributed by atoms with E-state index in [-0.39, 0.29) is 5.60 Å². The summed E-state index contributed by atoms with van der Waals surface area (Å²) in [5.41, 5.74) is 1.46. The molecule has 92 valence electrons. The molecule has 2 aliphatic heterocycles. The molecule has 2 fully saturated rings. The van der Waals surface area contributed by atoms with Gasteiger partial charge in [0.05, 0.1) is 5.60 Å². The molecular formula is C14H20N2O. The van der Waals surface area contributed by atoms with E-state index in [0.29, 0.717) is 5.92 Å². The summed E-state index contributed by atoms with van der Waals surface area (Å²) in [6, 6.07) is 10.7. The van der Waals surface area contributed by atoms with Crippen LogP contribution in [0.1, 0.15) is 5.56 Å². The van der Waals surface area contributed by atoms with Crippen molar-refractivity contribution in [2.24, 2.45) is 5.92 Å². The third kappa shape index (κ3) is 1.99. The Bertz CT molecular complexity index is 381. The van der Waals surface area contributed by atoms with Crippen molar-refractivity contribution in [3.05, 3.63) is 35.9 Å². The Labute approximate surface area is 103 Å². The number of likely N-dealkylation sites (tertiary alicyclic amines) is 1. The highest BCUT2D eigenvalue weighted by Gasteiger charge is 2.49. The summed E-state index contributed by atoms with van der Waals surface area (Å²) >= 11 is 0. The molecular weight excluding hydrogens is 212 g/mol. The van der Waals surface area contributed by atoms with E-state index < -0.39 is 0 Å². The molecule has 0 saturated carbocycles. The smallest absolute Gasteiger partial charge is 0.0980 e. The van der Waals surface area contributed by atoms with E-state index in [9.17, 15) is 0 Å². The van der Waals surface area contributed by atoms with Crippen LogP contribution < -0.4 is 5.32 Å². The van der Waals surface area contributed by atoms with Gasteiger partial charge in [-0.15, -0.1) is 0 Å². The van der Waals surface area contributed by atoms with Gasteiger partial charge in [-0.3, -0.25) is 4.90 Å². The molecule has 2 saturated heterocycles. The highest BCUT2D eigenvalue weighted by Crippen LogP contribution is 2.34. The molecule has 1 aromatic carbocycles. The summed E-state index contributed by atoms with van der Waals surface area (Å²) in [4.78, 5) is 2.52. The van der Waals surface area contributed by atoms with Gasteiger partial charge < -0.3 is 10.1 Å². The second-order valence-electron chi connectivity index (χ2n) is 5.25. The Hall–Kier alpha value is -0.900. The number of nitrogens with one attached hydrogen (secondary N) is 1. The van der Waals surface area contributed by atoms with E-state index in [2.05, 4.69) is 40.5 Å². The molecule has 2 atom stereocenters. The summed E-state index contributed by atoms with van der Waals surface area (Å²) in [5.74, 6) is 0.649. The zero-order valence-corrected chi connectivity index (χ0v) is 10.4. The normalized spacial score (nSPS) is 32.9. The maximum atomic E-state index is 5.79. The summed E-state index contributed by atoms with van der Waals surface area (Å²) in [5, 5.41) is 3.45. The van der Waals surface area contributed by atoms with E-state index in [1.807, 2.05) is 7.11 Å². The Morgan fingerprint density at radius 2 is 2.24 bits per heavy atom. The summed E-state index contributed by atoms with van der Waals surface area (Å²) < 4.78 is 5.79. The first-order valence-electron chi connectivity index (χ1n) is 6.34. The van der Waals surface area contributed by atoms with Gasteiger partial charge in [0.15, 0.2) is 0 Å². The molecule has 0 unspecified atom stereocenters. The molecule has 0 radical (unpaired) electrons. The van der Waals surface area contributed by atoms with Gasteiger partial charge in [-0.25, -0.2) is 0 Å². The average Bonchev–Trinajstić information content (AvgIpc) is 2.87. The van der Waals surface area contributed by atoms with Gasteiger partial charge in [0.25, 0.3) is 0 Å². The molecule has 0 spiro atoms. The summed E-state index contributed by atoms with van der Waals surface area (Å²) in [6.45, 7) is 5.34. The molecule has 1 N–H and O–H groups in total. The highest BCUT2D eigenvalue weighted by atomic mass is 16.5. The lowest BCUT2D eigenvalue weighted by atomic mass is 9.95. The zero-order valence-electron chi connectivity index (χ0n) is 10.4. The van der Waals surface area contributed by atoms with E-state index in [0.717, 1.165) is 32.7 Å². The van der Waals surface area contributed by atoms with Crippen molar-refractivity contribution in [1.29, 1.82) is 0 Å². The minimum atomic E-state index is 0.0643. The largest absolute Gasteiger partial charge is 0.375 e. The van der Waals surface area contributed by atoms with Gasteiger partial charge in [0.2, 0.25) is 0 Å². The SMILES string of the molecule is CO[C@@]12CNC[C@@H]1CN(Cc1ccccc1)C2. The monoisotopic (exact) mass is 232 g/mol. The molecule has 1 aromatic rings. The predicted octanol–water partition coefficient (Wildman–Crippen LogP) is 1.11. The molecule has 0 amide bonds. The van der Waals surface area contributed by atoms with Crippen LogP contribution in [0.2, 0.25) is 0 Å². The number of benzene rings is 1. The number of rotatable bonds is 3. The Kier molecular flexibility index (Phi) is 2.90. The zero-order chi connectivity index (χ0) is 11.7. The van der Waals surface area contributed by atoms with Gasteiger partial charge >= 0.3 is 0 Å². The first-order chi connectivity index (χ1) is 8.32. The Balaban J connectivity index is 1.68. The van der Waals surface area contributed by atoms with E-state index in [1.165, 1.54) is 5.56 Å². The first-order valence-corrected chi connectivity index (χ1v) is 6.34. The van der Waals surface area contributed by atoms with Crippen molar-refractivity contribution < 1.29 is 4.74 Å². The maximum absolute atomic E-state index is 5.79. The van der Waals surface area contributed by atoms with Crippen LogP contribution >= 0.6 is 0 Å². The Morgan fingerprint density at radius 3 is 2.94 bits per heavy atom. The van der Waals surface area contributed by atoms with Gasteiger partial charge in [0.1, 0.15) is 0 Å². The van der Waals surface area contributed by atoms with Gasteiger partial charge in [0, 0.05) is 45.8 Å². The van der Waals surface area contributed by atoms with E-state index in [4.69, 9.17) is 4.74 Å². The highest BCUT2D eigenvalue weighted by molar-refractivity contribution is 5.16. The van der Waals surface area contributed by atoms with Crippen molar-refractivity contribution in [2.45, 2.75) is 12.1 Å².